The van der Waals surface area contributed by atoms with E-state index in [9.17, 15) is 14.3 Å². The number of carbonyl (C=O) groups is 1. The Balaban J connectivity index is 3.25. The van der Waals surface area contributed by atoms with Crippen molar-refractivity contribution in [1.29, 1.82) is 0 Å². The van der Waals surface area contributed by atoms with Gasteiger partial charge in [-0.25, -0.2) is 9.18 Å². The predicted molar refractivity (Wildman–Crippen MR) is 60.6 cm³/mol. The first-order valence-corrected chi connectivity index (χ1v) is 5.16. The summed E-state index contributed by atoms with van der Waals surface area (Å²) in [6, 6.07) is 2.66. The minimum absolute atomic E-state index is 0.0106. The van der Waals surface area contributed by atoms with Crippen molar-refractivity contribution in [2.24, 2.45) is 0 Å². The molecular formula is C12H15FO5. The SMILES string of the molecule is COCc1cc(F)c(OC)c(C(O)C(=O)OC)c1. The summed E-state index contributed by atoms with van der Waals surface area (Å²) in [4.78, 5) is 11.3. The molecule has 1 aromatic rings. The monoisotopic (exact) mass is 258 g/mol. The second-order valence-electron chi connectivity index (χ2n) is 3.56. The maximum absolute atomic E-state index is 13.7. The summed E-state index contributed by atoms with van der Waals surface area (Å²) in [6.45, 7) is 0.155. The van der Waals surface area contributed by atoms with Gasteiger partial charge in [0.2, 0.25) is 0 Å². The third-order valence-corrected chi connectivity index (χ3v) is 2.37. The lowest BCUT2D eigenvalue weighted by Crippen LogP contribution is -2.15. The van der Waals surface area contributed by atoms with Gasteiger partial charge in [0.25, 0.3) is 0 Å². The number of hydrogen-bond acceptors (Lipinski definition) is 5. The molecular weight excluding hydrogens is 243 g/mol. The van der Waals surface area contributed by atoms with E-state index in [-0.39, 0.29) is 17.9 Å². The summed E-state index contributed by atoms with van der Waals surface area (Å²) in [5.74, 6) is -1.75. The van der Waals surface area contributed by atoms with Crippen LogP contribution in [0.1, 0.15) is 17.2 Å². The lowest BCUT2D eigenvalue weighted by atomic mass is 10.0. The molecule has 6 heteroatoms. The van der Waals surface area contributed by atoms with Gasteiger partial charge in [-0.15, -0.1) is 0 Å². The Labute approximate surface area is 104 Å². The van der Waals surface area contributed by atoms with E-state index < -0.39 is 17.9 Å². The van der Waals surface area contributed by atoms with Gasteiger partial charge in [-0.2, -0.15) is 0 Å². The van der Waals surface area contributed by atoms with Crippen LogP contribution in [0, 0.1) is 5.82 Å². The zero-order valence-corrected chi connectivity index (χ0v) is 10.4. The maximum atomic E-state index is 13.7. The smallest absolute Gasteiger partial charge is 0.339 e. The number of hydrogen-bond donors (Lipinski definition) is 1. The lowest BCUT2D eigenvalue weighted by molar-refractivity contribution is -0.150. The molecule has 18 heavy (non-hydrogen) atoms. The van der Waals surface area contributed by atoms with Crippen molar-refractivity contribution >= 4 is 5.97 Å². The van der Waals surface area contributed by atoms with Crippen LogP contribution >= 0.6 is 0 Å². The predicted octanol–water partition coefficient (Wildman–Crippen LogP) is 1.19. The summed E-state index contributed by atoms with van der Waals surface area (Å²) >= 11 is 0. The number of halogens is 1. The summed E-state index contributed by atoms with van der Waals surface area (Å²) in [5, 5.41) is 9.76. The first kappa shape index (κ1) is 14.4. The Morgan fingerprint density at radius 1 is 1.39 bits per heavy atom. The molecule has 0 heterocycles. The summed E-state index contributed by atoms with van der Waals surface area (Å²) in [5.41, 5.74) is 0.491. The Hall–Kier alpha value is -1.66. The van der Waals surface area contributed by atoms with Crippen LogP contribution in [0.2, 0.25) is 0 Å². The normalized spacial score (nSPS) is 12.1. The molecule has 0 saturated heterocycles. The van der Waals surface area contributed by atoms with Gasteiger partial charge < -0.3 is 19.3 Å². The van der Waals surface area contributed by atoms with Gasteiger partial charge >= 0.3 is 5.97 Å². The second kappa shape index (κ2) is 6.32. The first-order valence-electron chi connectivity index (χ1n) is 5.16. The van der Waals surface area contributed by atoms with Crippen LogP contribution in [-0.2, 0) is 20.9 Å². The molecule has 0 spiro atoms. The van der Waals surface area contributed by atoms with Gasteiger partial charge in [-0.1, -0.05) is 0 Å². The topological polar surface area (TPSA) is 65.0 Å². The molecule has 1 aromatic carbocycles. The number of methoxy groups -OCH3 is 3. The summed E-state index contributed by atoms with van der Waals surface area (Å²) < 4.78 is 27.8. The number of aliphatic hydroxyl groups excluding tert-OH is 1. The zero-order chi connectivity index (χ0) is 13.7. The molecule has 0 fully saturated rings. The van der Waals surface area contributed by atoms with Crippen LogP contribution in [0.3, 0.4) is 0 Å². The number of esters is 1. The molecule has 0 saturated carbocycles. The van der Waals surface area contributed by atoms with Gasteiger partial charge in [-0.3, -0.25) is 0 Å². The zero-order valence-electron chi connectivity index (χ0n) is 10.4. The average Bonchev–Trinajstić information content (AvgIpc) is 2.36. The minimum atomic E-state index is -1.60. The third-order valence-electron chi connectivity index (χ3n) is 2.37. The van der Waals surface area contributed by atoms with Crippen molar-refractivity contribution < 1.29 is 28.5 Å². The fraction of sp³-hybridized carbons (Fsp3) is 0.417. The largest absolute Gasteiger partial charge is 0.493 e. The highest BCUT2D eigenvalue weighted by atomic mass is 19.1. The van der Waals surface area contributed by atoms with Crippen LogP contribution in [0.5, 0.6) is 5.75 Å². The van der Waals surface area contributed by atoms with E-state index in [1.165, 1.54) is 26.4 Å². The van der Waals surface area contributed by atoms with Crippen molar-refractivity contribution in [3.63, 3.8) is 0 Å². The Kier molecular flexibility index (Phi) is 5.06. The van der Waals surface area contributed by atoms with Crippen molar-refractivity contribution in [1.82, 2.24) is 0 Å². The number of carbonyl (C=O) groups excluding carboxylic acids is 1. The highest BCUT2D eigenvalue weighted by Crippen LogP contribution is 2.30. The minimum Gasteiger partial charge on any atom is -0.493 e. The molecule has 1 atom stereocenters. The number of ether oxygens (including phenoxy) is 3. The van der Waals surface area contributed by atoms with E-state index in [1.807, 2.05) is 0 Å². The second-order valence-corrected chi connectivity index (χ2v) is 3.56. The quantitative estimate of drug-likeness (QED) is 0.803. The standard InChI is InChI=1S/C12H15FO5/c1-16-6-7-4-8(10(14)12(15)18-3)11(17-2)9(13)5-7/h4-5,10,14H,6H2,1-3H3. The van der Waals surface area contributed by atoms with E-state index in [1.54, 1.807) is 0 Å². The van der Waals surface area contributed by atoms with Gasteiger partial charge in [0.15, 0.2) is 17.7 Å². The highest BCUT2D eigenvalue weighted by Gasteiger charge is 2.24. The Bertz CT molecular complexity index is 433. The Morgan fingerprint density at radius 2 is 2.06 bits per heavy atom. The van der Waals surface area contributed by atoms with Gasteiger partial charge in [-0.05, 0) is 17.7 Å². The van der Waals surface area contributed by atoms with Crippen LogP contribution in [-0.4, -0.2) is 32.4 Å². The van der Waals surface area contributed by atoms with Gasteiger partial charge in [0, 0.05) is 12.7 Å². The van der Waals surface area contributed by atoms with E-state index in [0.717, 1.165) is 7.11 Å². The summed E-state index contributed by atoms with van der Waals surface area (Å²) in [6.07, 6.45) is -1.60. The van der Waals surface area contributed by atoms with Crippen LogP contribution in [0.15, 0.2) is 12.1 Å². The number of rotatable bonds is 5. The van der Waals surface area contributed by atoms with Crippen molar-refractivity contribution in [2.75, 3.05) is 21.3 Å². The fourth-order valence-electron chi connectivity index (χ4n) is 1.58. The molecule has 0 aliphatic heterocycles. The molecule has 0 radical (unpaired) electrons. The molecule has 0 aromatic heterocycles. The molecule has 5 nitrogen and oxygen atoms in total. The average molecular weight is 258 g/mol. The molecule has 100 valence electrons. The molecule has 0 aliphatic rings. The molecule has 0 aliphatic carbocycles. The van der Waals surface area contributed by atoms with Crippen molar-refractivity contribution in [2.45, 2.75) is 12.7 Å². The van der Waals surface area contributed by atoms with E-state index >= 15 is 0 Å². The molecule has 1 unspecified atom stereocenters. The molecule has 0 amide bonds. The Morgan fingerprint density at radius 3 is 2.56 bits per heavy atom. The van der Waals surface area contributed by atoms with Crippen molar-refractivity contribution in [3.05, 3.63) is 29.1 Å². The molecule has 0 bridgehead atoms. The van der Waals surface area contributed by atoms with Crippen molar-refractivity contribution in [3.8, 4) is 5.75 Å². The van der Waals surface area contributed by atoms with E-state index in [4.69, 9.17) is 9.47 Å². The van der Waals surface area contributed by atoms with Gasteiger partial charge in [0.05, 0.1) is 20.8 Å². The van der Waals surface area contributed by atoms with Gasteiger partial charge in [0.1, 0.15) is 0 Å². The lowest BCUT2D eigenvalue weighted by Gasteiger charge is -2.15. The summed E-state index contributed by atoms with van der Waals surface area (Å²) in [7, 11) is 3.84. The maximum Gasteiger partial charge on any atom is 0.339 e. The third kappa shape index (κ3) is 2.96. The van der Waals surface area contributed by atoms with E-state index in [0.29, 0.717) is 5.56 Å². The van der Waals surface area contributed by atoms with Crippen LogP contribution in [0.25, 0.3) is 0 Å². The highest BCUT2D eigenvalue weighted by molar-refractivity contribution is 5.77. The van der Waals surface area contributed by atoms with E-state index in [2.05, 4.69) is 4.74 Å². The number of benzene rings is 1. The molecule has 1 rings (SSSR count). The number of aliphatic hydroxyl groups is 1. The van der Waals surface area contributed by atoms with Crippen LogP contribution < -0.4 is 4.74 Å². The van der Waals surface area contributed by atoms with Crippen LogP contribution in [0.4, 0.5) is 4.39 Å². The first-order chi connectivity index (χ1) is 8.54. The fourth-order valence-corrected chi connectivity index (χ4v) is 1.58. The molecule has 1 N–H and O–H groups in total.